The Morgan fingerprint density at radius 2 is 2.06 bits per heavy atom. The summed E-state index contributed by atoms with van der Waals surface area (Å²) in [6, 6.07) is 3.78. The second-order valence-electron chi connectivity index (χ2n) is 5.13. The molecule has 0 aliphatic heterocycles. The maximum Gasteiger partial charge on any atom is 0.184 e. The van der Waals surface area contributed by atoms with Crippen LogP contribution in [-0.4, -0.2) is 13.7 Å². The smallest absolute Gasteiger partial charge is 0.184 e. The molecule has 2 rings (SSSR count). The van der Waals surface area contributed by atoms with Crippen LogP contribution in [0.3, 0.4) is 0 Å². The lowest BCUT2D eigenvalue weighted by Crippen LogP contribution is -2.28. The molecule has 100 valence electrons. The van der Waals surface area contributed by atoms with Gasteiger partial charge in [0.2, 0.25) is 0 Å². The Morgan fingerprint density at radius 3 is 2.67 bits per heavy atom. The summed E-state index contributed by atoms with van der Waals surface area (Å²) in [5.41, 5.74) is 5.68. The van der Waals surface area contributed by atoms with Gasteiger partial charge in [0, 0.05) is 5.69 Å². The van der Waals surface area contributed by atoms with E-state index in [0.29, 0.717) is 18.8 Å². The number of nitrogens with two attached hydrogens (primary N) is 1. The Balaban J connectivity index is 2.35. The van der Waals surface area contributed by atoms with Gasteiger partial charge in [-0.1, -0.05) is 19.8 Å². The van der Waals surface area contributed by atoms with Crippen molar-refractivity contribution in [3.63, 3.8) is 0 Å². The van der Waals surface area contributed by atoms with Crippen molar-refractivity contribution in [3.8, 4) is 0 Å². The van der Waals surface area contributed by atoms with Crippen molar-refractivity contribution in [2.24, 2.45) is 5.92 Å². The highest BCUT2D eigenvalue weighted by Gasteiger charge is 2.33. The molecule has 0 amide bonds. The third kappa shape index (κ3) is 2.51. The summed E-state index contributed by atoms with van der Waals surface area (Å²) in [4.78, 5) is -0.212. The van der Waals surface area contributed by atoms with Gasteiger partial charge in [-0.2, -0.15) is 0 Å². The predicted octanol–water partition coefficient (Wildman–Crippen LogP) is 2.76. The van der Waals surface area contributed by atoms with Gasteiger partial charge in [0.1, 0.15) is 10.7 Å². The number of sulfone groups is 1. The fourth-order valence-corrected chi connectivity index (χ4v) is 4.59. The van der Waals surface area contributed by atoms with Crippen molar-refractivity contribution in [2.45, 2.75) is 42.8 Å². The molecule has 3 nitrogen and oxygen atoms in total. The van der Waals surface area contributed by atoms with Gasteiger partial charge in [-0.05, 0) is 37.0 Å². The molecule has 0 radical (unpaired) electrons. The van der Waals surface area contributed by atoms with Gasteiger partial charge in [0.05, 0.1) is 5.25 Å². The molecule has 2 unspecified atom stereocenters. The van der Waals surface area contributed by atoms with Crippen molar-refractivity contribution in [1.29, 1.82) is 0 Å². The Labute approximate surface area is 107 Å². The predicted molar refractivity (Wildman–Crippen MR) is 69.4 cm³/mol. The minimum atomic E-state index is -3.57. The summed E-state index contributed by atoms with van der Waals surface area (Å²) in [6.07, 6.45) is 3.18. The molecule has 1 aromatic rings. The lowest BCUT2D eigenvalue weighted by molar-refractivity contribution is 0.381. The molecule has 0 heterocycles. The summed E-state index contributed by atoms with van der Waals surface area (Å²) in [5.74, 6) is -0.358. The maximum absolute atomic E-state index is 13.7. The molecule has 1 aromatic carbocycles. The maximum atomic E-state index is 13.7. The summed E-state index contributed by atoms with van der Waals surface area (Å²) in [5, 5.41) is -0.459. The Morgan fingerprint density at radius 1 is 1.33 bits per heavy atom. The zero-order valence-electron chi connectivity index (χ0n) is 10.4. The molecular weight excluding hydrogens is 253 g/mol. The van der Waals surface area contributed by atoms with E-state index < -0.39 is 20.9 Å². The molecule has 5 heteroatoms. The molecule has 2 atom stereocenters. The number of halogens is 1. The first-order valence-corrected chi connectivity index (χ1v) is 7.75. The van der Waals surface area contributed by atoms with Gasteiger partial charge in [-0.3, -0.25) is 0 Å². The van der Waals surface area contributed by atoms with Crippen molar-refractivity contribution < 1.29 is 12.8 Å². The number of hydrogen-bond acceptors (Lipinski definition) is 3. The molecule has 18 heavy (non-hydrogen) atoms. The van der Waals surface area contributed by atoms with Crippen LogP contribution in [0.25, 0.3) is 0 Å². The Bertz CT molecular complexity index is 542. The Kier molecular flexibility index (Phi) is 3.61. The third-order valence-electron chi connectivity index (χ3n) is 3.59. The van der Waals surface area contributed by atoms with Gasteiger partial charge < -0.3 is 5.73 Å². The second-order valence-corrected chi connectivity index (χ2v) is 7.33. The van der Waals surface area contributed by atoms with E-state index in [0.717, 1.165) is 18.9 Å². The van der Waals surface area contributed by atoms with Crippen molar-refractivity contribution in [1.82, 2.24) is 0 Å². The monoisotopic (exact) mass is 271 g/mol. The van der Waals surface area contributed by atoms with Gasteiger partial charge >= 0.3 is 0 Å². The lowest BCUT2D eigenvalue weighted by atomic mass is 9.91. The summed E-state index contributed by atoms with van der Waals surface area (Å²) in [7, 11) is -3.57. The van der Waals surface area contributed by atoms with Crippen molar-refractivity contribution >= 4 is 15.5 Å². The largest absolute Gasteiger partial charge is 0.399 e. The number of nitrogen functional groups attached to an aromatic ring is 1. The molecule has 0 spiro atoms. The van der Waals surface area contributed by atoms with E-state index in [2.05, 4.69) is 0 Å². The molecule has 0 saturated heterocycles. The molecule has 2 N–H and O–H groups in total. The highest BCUT2D eigenvalue weighted by molar-refractivity contribution is 7.92. The first-order valence-electron chi connectivity index (χ1n) is 6.20. The SMILES string of the molecule is CC1CCCC(S(=O)(=O)c2ccc(N)cc2F)C1. The molecule has 1 aliphatic carbocycles. The zero-order valence-corrected chi connectivity index (χ0v) is 11.2. The van der Waals surface area contributed by atoms with E-state index in [9.17, 15) is 12.8 Å². The molecular formula is C13H18FNO2S. The van der Waals surface area contributed by atoms with Gasteiger partial charge in [-0.15, -0.1) is 0 Å². The number of hydrogen-bond donors (Lipinski definition) is 1. The second kappa shape index (κ2) is 4.88. The van der Waals surface area contributed by atoms with Crippen LogP contribution in [0.1, 0.15) is 32.6 Å². The zero-order chi connectivity index (χ0) is 13.3. The average molecular weight is 271 g/mol. The molecule has 0 aromatic heterocycles. The van der Waals surface area contributed by atoms with E-state index in [1.54, 1.807) is 0 Å². The lowest BCUT2D eigenvalue weighted by Gasteiger charge is -2.26. The molecule has 0 bridgehead atoms. The van der Waals surface area contributed by atoms with Crippen LogP contribution in [0.4, 0.5) is 10.1 Å². The Hall–Kier alpha value is -1.10. The van der Waals surface area contributed by atoms with E-state index >= 15 is 0 Å². The van der Waals surface area contributed by atoms with Crippen LogP contribution >= 0.6 is 0 Å². The fourth-order valence-electron chi connectivity index (χ4n) is 2.59. The summed E-state index contributed by atoms with van der Waals surface area (Å²) < 4.78 is 38.5. The van der Waals surface area contributed by atoms with Crippen molar-refractivity contribution in [2.75, 3.05) is 5.73 Å². The van der Waals surface area contributed by atoms with E-state index in [4.69, 9.17) is 5.73 Å². The summed E-state index contributed by atoms with van der Waals surface area (Å²) >= 11 is 0. The highest BCUT2D eigenvalue weighted by atomic mass is 32.2. The van der Waals surface area contributed by atoms with Crippen LogP contribution in [-0.2, 0) is 9.84 Å². The van der Waals surface area contributed by atoms with E-state index in [1.807, 2.05) is 6.92 Å². The van der Waals surface area contributed by atoms with E-state index in [1.165, 1.54) is 12.1 Å². The summed E-state index contributed by atoms with van der Waals surface area (Å²) in [6.45, 7) is 2.04. The molecule has 1 fully saturated rings. The fraction of sp³-hybridized carbons (Fsp3) is 0.538. The first kappa shape index (κ1) is 13.3. The standard InChI is InChI=1S/C13H18FNO2S/c1-9-3-2-4-11(7-9)18(16,17)13-6-5-10(15)8-12(13)14/h5-6,8-9,11H,2-4,7,15H2,1H3. The van der Waals surface area contributed by atoms with Crippen LogP contribution in [0.5, 0.6) is 0 Å². The third-order valence-corrected chi connectivity index (χ3v) is 5.84. The normalized spacial score (nSPS) is 25.0. The molecule has 1 saturated carbocycles. The van der Waals surface area contributed by atoms with Gasteiger partial charge in [-0.25, -0.2) is 12.8 Å². The highest BCUT2D eigenvalue weighted by Crippen LogP contribution is 2.33. The van der Waals surface area contributed by atoms with Gasteiger partial charge in [0.15, 0.2) is 9.84 Å². The van der Waals surface area contributed by atoms with Gasteiger partial charge in [0.25, 0.3) is 0 Å². The first-order chi connectivity index (χ1) is 8.41. The van der Waals surface area contributed by atoms with Crippen LogP contribution in [0.2, 0.25) is 0 Å². The minimum absolute atomic E-state index is 0.212. The number of benzene rings is 1. The van der Waals surface area contributed by atoms with Crippen LogP contribution in [0.15, 0.2) is 23.1 Å². The quantitative estimate of drug-likeness (QED) is 0.841. The van der Waals surface area contributed by atoms with Crippen LogP contribution < -0.4 is 5.73 Å². The number of rotatable bonds is 2. The minimum Gasteiger partial charge on any atom is -0.399 e. The average Bonchev–Trinajstić information content (AvgIpc) is 2.28. The topological polar surface area (TPSA) is 60.2 Å². The van der Waals surface area contributed by atoms with Crippen LogP contribution in [0, 0.1) is 11.7 Å². The van der Waals surface area contributed by atoms with E-state index in [-0.39, 0.29) is 10.6 Å². The van der Waals surface area contributed by atoms with Crippen molar-refractivity contribution in [3.05, 3.63) is 24.0 Å². The molecule has 1 aliphatic rings. The number of anilines is 1.